The lowest BCUT2D eigenvalue weighted by atomic mass is 10.0. The highest BCUT2D eigenvalue weighted by Gasteiger charge is 2.30. The smallest absolute Gasteiger partial charge is 0.243 e. The van der Waals surface area contributed by atoms with E-state index < -0.39 is 6.04 Å². The molecule has 3 aromatic carbocycles. The van der Waals surface area contributed by atoms with Crippen molar-refractivity contribution in [1.82, 2.24) is 10.2 Å². The number of nitrogens with one attached hydrogen (secondary N) is 1. The first-order valence-electron chi connectivity index (χ1n) is 12.1. The summed E-state index contributed by atoms with van der Waals surface area (Å²) in [6, 6.07) is 24.3. The number of hydrogen-bond acceptors (Lipinski definition) is 3. The summed E-state index contributed by atoms with van der Waals surface area (Å²) in [5.74, 6) is 0.707. The van der Waals surface area contributed by atoms with Crippen LogP contribution in [0.1, 0.15) is 36.5 Å². The van der Waals surface area contributed by atoms with Gasteiger partial charge in [-0.05, 0) is 47.4 Å². The van der Waals surface area contributed by atoms with Crippen LogP contribution in [-0.4, -0.2) is 35.1 Å². The van der Waals surface area contributed by atoms with Gasteiger partial charge < -0.3 is 10.2 Å². The second kappa shape index (κ2) is 14.9. The molecule has 0 bridgehead atoms. The molecule has 3 aromatic rings. The van der Waals surface area contributed by atoms with Crippen LogP contribution in [-0.2, 0) is 28.3 Å². The molecule has 0 aliphatic heterocycles. The van der Waals surface area contributed by atoms with E-state index in [0.29, 0.717) is 35.3 Å². The van der Waals surface area contributed by atoms with Gasteiger partial charge in [-0.3, -0.25) is 9.59 Å². The molecule has 0 aliphatic carbocycles. The summed E-state index contributed by atoms with van der Waals surface area (Å²) in [5.41, 5.74) is 2.99. The Morgan fingerprint density at radius 3 is 2.31 bits per heavy atom. The third-order valence-electron chi connectivity index (χ3n) is 5.75. The molecule has 36 heavy (non-hydrogen) atoms. The predicted molar refractivity (Wildman–Crippen MR) is 151 cm³/mol. The van der Waals surface area contributed by atoms with Crippen molar-refractivity contribution in [3.8, 4) is 0 Å². The Bertz CT molecular complexity index is 1110. The number of thioether (sulfide) groups is 1. The summed E-state index contributed by atoms with van der Waals surface area (Å²) in [7, 11) is 0. The SMILES string of the molecule is CCCCNC(=O)[C@@H](Cc1ccccc1)N(Cc1ccc(Cl)cc1)C(=O)CSCc1cccc(Cl)c1. The maximum absolute atomic E-state index is 13.6. The Balaban J connectivity index is 1.82. The second-order valence-electron chi connectivity index (χ2n) is 8.62. The summed E-state index contributed by atoms with van der Waals surface area (Å²) in [6.07, 6.45) is 2.32. The minimum atomic E-state index is -0.626. The zero-order valence-corrected chi connectivity index (χ0v) is 22.8. The third kappa shape index (κ3) is 9.20. The Morgan fingerprint density at radius 1 is 0.889 bits per heavy atom. The van der Waals surface area contributed by atoms with Crippen LogP contribution < -0.4 is 5.32 Å². The standard InChI is InChI=1S/C29H32Cl2N2O2S/c1-2-3-16-32-29(35)27(18-22-8-5-4-6-9-22)33(19-23-12-14-25(30)15-13-23)28(34)21-36-20-24-10-7-11-26(31)17-24/h4-15,17,27H,2-3,16,18-21H2,1H3,(H,32,35)/t27-/m1/s1. The molecule has 0 radical (unpaired) electrons. The minimum absolute atomic E-state index is 0.0800. The van der Waals surface area contributed by atoms with E-state index in [4.69, 9.17) is 23.2 Å². The van der Waals surface area contributed by atoms with Gasteiger partial charge in [-0.15, -0.1) is 11.8 Å². The van der Waals surface area contributed by atoms with Gasteiger partial charge in [0.05, 0.1) is 5.75 Å². The normalized spacial score (nSPS) is 11.6. The van der Waals surface area contributed by atoms with E-state index in [1.807, 2.05) is 66.7 Å². The largest absolute Gasteiger partial charge is 0.354 e. The number of nitrogens with zero attached hydrogens (tertiary/aromatic N) is 1. The molecule has 190 valence electrons. The first-order chi connectivity index (χ1) is 17.5. The van der Waals surface area contributed by atoms with E-state index in [1.54, 1.807) is 17.0 Å². The third-order valence-corrected chi connectivity index (χ3v) is 7.23. The molecule has 0 spiro atoms. The van der Waals surface area contributed by atoms with E-state index in [0.717, 1.165) is 29.5 Å². The minimum Gasteiger partial charge on any atom is -0.354 e. The van der Waals surface area contributed by atoms with Crippen molar-refractivity contribution >= 4 is 46.8 Å². The van der Waals surface area contributed by atoms with Crippen LogP contribution in [0.25, 0.3) is 0 Å². The molecule has 0 saturated heterocycles. The van der Waals surface area contributed by atoms with Crippen molar-refractivity contribution in [2.45, 2.75) is 44.5 Å². The van der Waals surface area contributed by atoms with Crippen LogP contribution in [0.4, 0.5) is 0 Å². The number of benzene rings is 3. The van der Waals surface area contributed by atoms with Crippen LogP contribution in [0.5, 0.6) is 0 Å². The van der Waals surface area contributed by atoms with E-state index in [-0.39, 0.29) is 17.6 Å². The van der Waals surface area contributed by atoms with E-state index in [2.05, 4.69) is 12.2 Å². The first kappa shape index (κ1) is 28.1. The van der Waals surface area contributed by atoms with Crippen molar-refractivity contribution in [3.05, 3.63) is 106 Å². The van der Waals surface area contributed by atoms with E-state index >= 15 is 0 Å². The molecule has 7 heteroatoms. The fraction of sp³-hybridized carbons (Fsp3) is 0.310. The van der Waals surface area contributed by atoms with Gasteiger partial charge in [0, 0.05) is 35.3 Å². The summed E-state index contributed by atoms with van der Waals surface area (Å²) < 4.78 is 0. The number of hydrogen-bond donors (Lipinski definition) is 1. The highest BCUT2D eigenvalue weighted by Crippen LogP contribution is 2.20. The fourth-order valence-corrected chi connectivity index (χ4v) is 5.01. The van der Waals surface area contributed by atoms with Gasteiger partial charge in [-0.1, -0.05) is 91.1 Å². The lowest BCUT2D eigenvalue weighted by molar-refractivity contribution is -0.139. The average Bonchev–Trinajstić information content (AvgIpc) is 2.88. The first-order valence-corrected chi connectivity index (χ1v) is 14.0. The lowest BCUT2D eigenvalue weighted by Crippen LogP contribution is -2.51. The lowest BCUT2D eigenvalue weighted by Gasteiger charge is -2.31. The van der Waals surface area contributed by atoms with Crippen molar-refractivity contribution in [3.63, 3.8) is 0 Å². The molecule has 1 N–H and O–H groups in total. The predicted octanol–water partition coefficient (Wildman–Crippen LogP) is 6.78. The Kier molecular flexibility index (Phi) is 11.7. The maximum atomic E-state index is 13.6. The second-order valence-corrected chi connectivity index (χ2v) is 10.5. The highest BCUT2D eigenvalue weighted by molar-refractivity contribution is 7.99. The summed E-state index contributed by atoms with van der Waals surface area (Å²) in [6.45, 7) is 3.00. The van der Waals surface area contributed by atoms with Crippen LogP contribution in [0.3, 0.4) is 0 Å². The van der Waals surface area contributed by atoms with Crippen molar-refractivity contribution in [2.24, 2.45) is 0 Å². The van der Waals surface area contributed by atoms with Crippen LogP contribution >= 0.6 is 35.0 Å². The summed E-state index contributed by atoms with van der Waals surface area (Å²) in [5, 5.41) is 4.35. The molecule has 0 saturated carbocycles. The summed E-state index contributed by atoms with van der Waals surface area (Å²) >= 11 is 13.7. The zero-order valence-electron chi connectivity index (χ0n) is 20.5. The molecule has 0 unspecified atom stereocenters. The molecule has 1 atom stereocenters. The molecule has 2 amide bonds. The van der Waals surface area contributed by atoms with E-state index in [1.165, 1.54) is 11.8 Å². The van der Waals surface area contributed by atoms with Gasteiger partial charge in [-0.2, -0.15) is 0 Å². The molecule has 3 rings (SSSR count). The molecule has 0 heterocycles. The van der Waals surface area contributed by atoms with Crippen LogP contribution in [0, 0.1) is 0 Å². The number of amides is 2. The molecular formula is C29H32Cl2N2O2S. The summed E-state index contributed by atoms with van der Waals surface area (Å²) in [4.78, 5) is 28.7. The molecule has 0 fully saturated rings. The number of unbranched alkanes of at least 4 members (excludes halogenated alkanes) is 1. The molecule has 0 aliphatic rings. The topological polar surface area (TPSA) is 49.4 Å². The average molecular weight is 544 g/mol. The molecule has 0 aromatic heterocycles. The molecule has 4 nitrogen and oxygen atoms in total. The van der Waals surface area contributed by atoms with Gasteiger partial charge >= 0.3 is 0 Å². The van der Waals surface area contributed by atoms with Crippen molar-refractivity contribution in [2.75, 3.05) is 12.3 Å². The quantitative estimate of drug-likeness (QED) is 0.242. The van der Waals surface area contributed by atoms with Gasteiger partial charge in [0.15, 0.2) is 0 Å². The fourth-order valence-electron chi connectivity index (χ4n) is 3.81. The Labute approximate surface area is 228 Å². The Morgan fingerprint density at radius 2 is 1.61 bits per heavy atom. The number of halogens is 2. The number of rotatable bonds is 13. The highest BCUT2D eigenvalue weighted by atomic mass is 35.5. The van der Waals surface area contributed by atoms with Gasteiger partial charge in [0.25, 0.3) is 0 Å². The monoisotopic (exact) mass is 542 g/mol. The zero-order chi connectivity index (χ0) is 25.8. The Hall–Kier alpha value is -2.47. The van der Waals surface area contributed by atoms with Crippen LogP contribution in [0.15, 0.2) is 78.9 Å². The van der Waals surface area contributed by atoms with Gasteiger partial charge in [-0.25, -0.2) is 0 Å². The van der Waals surface area contributed by atoms with Gasteiger partial charge in [0.2, 0.25) is 11.8 Å². The number of carbonyl (C=O) groups is 2. The van der Waals surface area contributed by atoms with Gasteiger partial charge in [0.1, 0.15) is 6.04 Å². The van der Waals surface area contributed by atoms with Crippen LogP contribution in [0.2, 0.25) is 10.0 Å². The maximum Gasteiger partial charge on any atom is 0.243 e. The van der Waals surface area contributed by atoms with E-state index in [9.17, 15) is 9.59 Å². The van der Waals surface area contributed by atoms with Crippen molar-refractivity contribution < 1.29 is 9.59 Å². The number of carbonyl (C=O) groups excluding carboxylic acids is 2. The molecular weight excluding hydrogens is 511 g/mol. The van der Waals surface area contributed by atoms with Crippen molar-refractivity contribution in [1.29, 1.82) is 0 Å².